The van der Waals surface area contributed by atoms with E-state index in [0.29, 0.717) is 17.0 Å². The maximum Gasteiger partial charge on any atom is 0.309 e. The zero-order chi connectivity index (χ0) is 12.4. The van der Waals surface area contributed by atoms with Gasteiger partial charge in [-0.2, -0.15) is 5.26 Å². The summed E-state index contributed by atoms with van der Waals surface area (Å²) in [7, 11) is 0. The van der Waals surface area contributed by atoms with Crippen LogP contribution in [-0.4, -0.2) is 20.5 Å². The van der Waals surface area contributed by atoms with Crippen molar-refractivity contribution in [2.75, 3.05) is 0 Å². The summed E-state index contributed by atoms with van der Waals surface area (Å²) >= 11 is 0. The number of aromatic nitrogens is 2. The molecule has 2 heterocycles. The Hall–Kier alpha value is -2.42. The molecule has 0 spiro atoms. The van der Waals surface area contributed by atoms with Crippen molar-refractivity contribution in [1.29, 1.82) is 5.26 Å². The quantitative estimate of drug-likeness (QED) is 0.862. The molecule has 2 aromatic rings. The summed E-state index contributed by atoms with van der Waals surface area (Å²) in [6, 6.07) is 4.60. The van der Waals surface area contributed by atoms with Gasteiger partial charge >= 0.3 is 5.97 Å². The molecule has 5 nitrogen and oxygen atoms in total. The number of carboxylic acids is 1. The van der Waals surface area contributed by atoms with Crippen LogP contribution in [0.1, 0.15) is 11.4 Å². The number of carbonyl (C=O) groups is 1. The van der Waals surface area contributed by atoms with Gasteiger partial charge in [0.2, 0.25) is 0 Å². The number of hydrogen-bond acceptors (Lipinski definition) is 3. The lowest BCUT2D eigenvalue weighted by Crippen LogP contribution is -2.04. The van der Waals surface area contributed by atoms with Crippen LogP contribution in [0.2, 0.25) is 0 Å². The van der Waals surface area contributed by atoms with E-state index in [2.05, 4.69) is 4.98 Å². The number of aliphatic carboxylic acids is 1. The SMILES string of the molecule is N#CCc1c(CC(=O)O)nc2ccc(F)cn12. The summed E-state index contributed by atoms with van der Waals surface area (Å²) in [5, 5.41) is 17.4. The van der Waals surface area contributed by atoms with Crippen LogP contribution in [0.4, 0.5) is 4.39 Å². The predicted molar refractivity (Wildman–Crippen MR) is 55.8 cm³/mol. The van der Waals surface area contributed by atoms with Gasteiger partial charge < -0.3 is 5.11 Å². The zero-order valence-corrected chi connectivity index (χ0v) is 8.72. The number of pyridine rings is 1. The summed E-state index contributed by atoms with van der Waals surface area (Å²) < 4.78 is 14.5. The highest BCUT2D eigenvalue weighted by Crippen LogP contribution is 2.15. The molecular weight excluding hydrogens is 225 g/mol. The Labute approximate surface area is 95.7 Å². The highest BCUT2D eigenvalue weighted by molar-refractivity contribution is 5.70. The lowest BCUT2D eigenvalue weighted by molar-refractivity contribution is -0.136. The van der Waals surface area contributed by atoms with E-state index in [-0.39, 0.29) is 12.8 Å². The number of carboxylic acid groups (broad SMARTS) is 1. The number of halogens is 1. The fourth-order valence-corrected chi connectivity index (χ4v) is 1.66. The molecule has 6 heteroatoms. The van der Waals surface area contributed by atoms with Crippen molar-refractivity contribution in [2.45, 2.75) is 12.8 Å². The van der Waals surface area contributed by atoms with Crippen molar-refractivity contribution in [3.8, 4) is 6.07 Å². The average molecular weight is 233 g/mol. The molecule has 17 heavy (non-hydrogen) atoms. The highest BCUT2D eigenvalue weighted by atomic mass is 19.1. The molecule has 2 rings (SSSR count). The first-order valence-electron chi connectivity index (χ1n) is 4.86. The first-order chi connectivity index (χ1) is 8.11. The van der Waals surface area contributed by atoms with Crippen molar-refractivity contribution < 1.29 is 14.3 Å². The van der Waals surface area contributed by atoms with Crippen LogP contribution in [0.25, 0.3) is 5.65 Å². The van der Waals surface area contributed by atoms with E-state index >= 15 is 0 Å². The van der Waals surface area contributed by atoms with Gasteiger partial charge in [0.15, 0.2) is 0 Å². The van der Waals surface area contributed by atoms with Gasteiger partial charge in [0.05, 0.1) is 30.3 Å². The minimum Gasteiger partial charge on any atom is -0.481 e. The molecule has 0 aliphatic carbocycles. The maximum absolute atomic E-state index is 13.1. The predicted octanol–water partition coefficient (Wildman–Crippen LogP) is 1.17. The molecule has 1 N–H and O–H groups in total. The second-order valence-electron chi connectivity index (χ2n) is 3.49. The second kappa shape index (κ2) is 4.22. The van der Waals surface area contributed by atoms with E-state index in [4.69, 9.17) is 10.4 Å². The van der Waals surface area contributed by atoms with Crippen LogP contribution < -0.4 is 0 Å². The summed E-state index contributed by atoms with van der Waals surface area (Å²) in [6.07, 6.45) is 0.911. The monoisotopic (exact) mass is 233 g/mol. The molecule has 0 saturated carbocycles. The first kappa shape index (κ1) is 11.1. The summed E-state index contributed by atoms with van der Waals surface area (Å²) in [6.45, 7) is 0. The summed E-state index contributed by atoms with van der Waals surface area (Å²) in [4.78, 5) is 14.7. The molecule has 0 amide bonds. The minimum absolute atomic E-state index is 0.00671. The lowest BCUT2D eigenvalue weighted by Gasteiger charge is -1.98. The van der Waals surface area contributed by atoms with Crippen LogP contribution in [0.15, 0.2) is 18.3 Å². The van der Waals surface area contributed by atoms with Gasteiger partial charge in [0.1, 0.15) is 11.5 Å². The number of rotatable bonds is 3. The fraction of sp³-hybridized carbons (Fsp3) is 0.182. The highest BCUT2D eigenvalue weighted by Gasteiger charge is 2.14. The van der Waals surface area contributed by atoms with E-state index in [0.717, 1.165) is 0 Å². The summed E-state index contributed by atoms with van der Waals surface area (Å²) in [5.74, 6) is -1.50. The van der Waals surface area contributed by atoms with Crippen molar-refractivity contribution in [1.82, 2.24) is 9.38 Å². The van der Waals surface area contributed by atoms with E-state index in [9.17, 15) is 9.18 Å². The van der Waals surface area contributed by atoms with Crippen LogP contribution >= 0.6 is 0 Å². The normalized spacial score (nSPS) is 10.4. The number of nitrogens with zero attached hydrogens (tertiary/aromatic N) is 3. The smallest absolute Gasteiger partial charge is 0.309 e. The molecule has 0 aliphatic heterocycles. The molecule has 0 radical (unpaired) electrons. The third-order valence-electron chi connectivity index (χ3n) is 2.33. The van der Waals surface area contributed by atoms with Gasteiger partial charge in [-0.25, -0.2) is 9.37 Å². The van der Waals surface area contributed by atoms with E-state index < -0.39 is 11.8 Å². The molecule has 0 bridgehead atoms. The van der Waals surface area contributed by atoms with Crippen molar-refractivity contribution in [3.05, 3.63) is 35.5 Å². The van der Waals surface area contributed by atoms with Gasteiger partial charge in [0, 0.05) is 6.20 Å². The van der Waals surface area contributed by atoms with Crippen LogP contribution in [-0.2, 0) is 17.6 Å². The molecule has 2 aromatic heterocycles. The Bertz CT molecular complexity index is 627. The number of hydrogen-bond donors (Lipinski definition) is 1. The van der Waals surface area contributed by atoms with Gasteiger partial charge in [-0.3, -0.25) is 9.20 Å². The molecule has 0 fully saturated rings. The van der Waals surface area contributed by atoms with E-state index in [1.54, 1.807) is 0 Å². The summed E-state index contributed by atoms with van der Waals surface area (Å²) in [5.41, 5.74) is 1.15. The molecule has 0 aromatic carbocycles. The topological polar surface area (TPSA) is 78.4 Å². The Morgan fingerprint density at radius 1 is 1.59 bits per heavy atom. The fourth-order valence-electron chi connectivity index (χ4n) is 1.66. The second-order valence-corrected chi connectivity index (χ2v) is 3.49. The van der Waals surface area contributed by atoms with Crippen molar-refractivity contribution >= 4 is 11.6 Å². The lowest BCUT2D eigenvalue weighted by atomic mass is 10.2. The van der Waals surface area contributed by atoms with Gasteiger partial charge in [-0.15, -0.1) is 0 Å². The maximum atomic E-state index is 13.1. The molecule has 0 unspecified atom stereocenters. The Morgan fingerprint density at radius 2 is 2.35 bits per heavy atom. The Kier molecular flexibility index (Phi) is 2.75. The van der Waals surface area contributed by atoms with E-state index in [1.807, 2.05) is 6.07 Å². The van der Waals surface area contributed by atoms with Gasteiger partial charge in [-0.1, -0.05) is 0 Å². The van der Waals surface area contributed by atoms with Crippen LogP contribution in [0.5, 0.6) is 0 Å². The number of nitriles is 1. The zero-order valence-electron chi connectivity index (χ0n) is 8.72. The molecule has 0 atom stereocenters. The number of fused-ring (bicyclic) bond motifs is 1. The third-order valence-corrected chi connectivity index (χ3v) is 2.33. The Morgan fingerprint density at radius 3 is 3.00 bits per heavy atom. The molecule has 0 aliphatic rings. The van der Waals surface area contributed by atoms with Crippen molar-refractivity contribution in [3.63, 3.8) is 0 Å². The Balaban J connectivity index is 2.63. The standard InChI is InChI=1S/C11H8FN3O2/c12-7-1-2-10-14-8(5-11(16)17)9(3-4-13)15(10)6-7/h1-2,6H,3,5H2,(H,16,17). The largest absolute Gasteiger partial charge is 0.481 e. The van der Waals surface area contributed by atoms with Crippen LogP contribution in [0.3, 0.4) is 0 Å². The molecule has 86 valence electrons. The minimum atomic E-state index is -1.03. The van der Waals surface area contributed by atoms with E-state index in [1.165, 1.54) is 22.7 Å². The number of imidazole rings is 1. The van der Waals surface area contributed by atoms with Crippen LogP contribution in [0, 0.1) is 17.1 Å². The van der Waals surface area contributed by atoms with Crippen molar-refractivity contribution in [2.24, 2.45) is 0 Å². The first-order valence-corrected chi connectivity index (χ1v) is 4.86. The van der Waals surface area contributed by atoms with Gasteiger partial charge in [-0.05, 0) is 12.1 Å². The van der Waals surface area contributed by atoms with Gasteiger partial charge in [0.25, 0.3) is 0 Å². The molecule has 0 saturated heterocycles. The average Bonchev–Trinajstić information content (AvgIpc) is 2.57. The third kappa shape index (κ3) is 2.08. The molecular formula is C11H8FN3O2.